The van der Waals surface area contributed by atoms with Crippen molar-refractivity contribution in [3.8, 4) is 17.0 Å². The molecule has 94 valence electrons. The second-order valence-corrected chi connectivity index (χ2v) is 4.57. The Kier molecular flexibility index (Phi) is 3.77. The molecule has 0 saturated heterocycles. The first-order chi connectivity index (χ1) is 8.63. The maximum absolute atomic E-state index is 6.05. The van der Waals surface area contributed by atoms with Gasteiger partial charge in [-0.05, 0) is 23.6 Å². The Morgan fingerprint density at radius 1 is 1.28 bits per heavy atom. The van der Waals surface area contributed by atoms with Gasteiger partial charge >= 0.3 is 0 Å². The van der Waals surface area contributed by atoms with E-state index in [1.165, 1.54) is 11.9 Å². The average Bonchev–Trinajstić information content (AvgIpc) is 2.38. The van der Waals surface area contributed by atoms with E-state index in [0.29, 0.717) is 22.5 Å². The fraction of sp³-hybridized carbons (Fsp3) is 0.308. The van der Waals surface area contributed by atoms with Gasteiger partial charge in [0.15, 0.2) is 5.15 Å². The molecule has 0 bridgehead atoms. The van der Waals surface area contributed by atoms with Gasteiger partial charge in [0, 0.05) is 5.56 Å². The molecule has 5 heteroatoms. The molecule has 4 nitrogen and oxygen atoms in total. The minimum atomic E-state index is 0.323. The van der Waals surface area contributed by atoms with Gasteiger partial charge in [0.05, 0.1) is 7.11 Å². The molecule has 0 spiro atoms. The Hall–Kier alpha value is -1.68. The minimum absolute atomic E-state index is 0.323. The summed E-state index contributed by atoms with van der Waals surface area (Å²) in [7, 11) is 1.62. The number of nitrogens with zero attached hydrogens (tertiary/aromatic N) is 3. The van der Waals surface area contributed by atoms with E-state index in [-0.39, 0.29) is 0 Å². The van der Waals surface area contributed by atoms with Crippen molar-refractivity contribution in [2.45, 2.75) is 19.8 Å². The Morgan fingerprint density at radius 3 is 2.67 bits per heavy atom. The van der Waals surface area contributed by atoms with E-state index in [9.17, 15) is 0 Å². The fourth-order valence-electron chi connectivity index (χ4n) is 1.70. The van der Waals surface area contributed by atoms with Crippen molar-refractivity contribution in [1.29, 1.82) is 0 Å². The third-order valence-electron chi connectivity index (χ3n) is 2.72. The number of rotatable bonds is 3. The molecule has 2 rings (SSSR count). The summed E-state index contributed by atoms with van der Waals surface area (Å²) in [5.74, 6) is 1.13. The molecular formula is C13H14ClN3O. The van der Waals surface area contributed by atoms with Crippen molar-refractivity contribution in [3.05, 3.63) is 35.2 Å². The zero-order chi connectivity index (χ0) is 13.1. The zero-order valence-corrected chi connectivity index (χ0v) is 11.3. The third kappa shape index (κ3) is 2.43. The summed E-state index contributed by atoms with van der Waals surface area (Å²) in [6, 6.07) is 5.96. The molecule has 0 aliphatic rings. The number of hydrogen-bond donors (Lipinski definition) is 0. The highest BCUT2D eigenvalue weighted by Crippen LogP contribution is 2.34. The van der Waals surface area contributed by atoms with Gasteiger partial charge in [0.25, 0.3) is 0 Å². The standard InChI is InChI=1S/C13H14ClN3O/c1-8(2)9-4-5-11(18-3)10(6-9)12-13(14)15-7-16-17-12/h4-8H,1-3H3. The van der Waals surface area contributed by atoms with Gasteiger partial charge in [-0.3, -0.25) is 0 Å². The molecule has 1 aromatic heterocycles. The lowest BCUT2D eigenvalue weighted by molar-refractivity contribution is 0.416. The van der Waals surface area contributed by atoms with Gasteiger partial charge in [-0.1, -0.05) is 31.5 Å². The van der Waals surface area contributed by atoms with Crippen molar-refractivity contribution < 1.29 is 4.74 Å². The Morgan fingerprint density at radius 2 is 2.06 bits per heavy atom. The van der Waals surface area contributed by atoms with Crippen LogP contribution in [0.15, 0.2) is 24.5 Å². The van der Waals surface area contributed by atoms with Crippen LogP contribution in [0.1, 0.15) is 25.3 Å². The molecule has 1 heterocycles. The normalized spacial score (nSPS) is 10.7. The number of hydrogen-bond acceptors (Lipinski definition) is 4. The Bertz CT molecular complexity index is 558. The van der Waals surface area contributed by atoms with Crippen molar-refractivity contribution in [2.24, 2.45) is 0 Å². The van der Waals surface area contributed by atoms with E-state index < -0.39 is 0 Å². The summed E-state index contributed by atoms with van der Waals surface area (Å²) < 4.78 is 5.34. The van der Waals surface area contributed by atoms with E-state index in [1.54, 1.807) is 7.11 Å². The maximum atomic E-state index is 6.05. The Balaban J connectivity index is 2.61. The van der Waals surface area contributed by atoms with Crippen LogP contribution in [0.25, 0.3) is 11.3 Å². The monoisotopic (exact) mass is 263 g/mol. The zero-order valence-electron chi connectivity index (χ0n) is 10.5. The number of aromatic nitrogens is 3. The summed E-state index contributed by atoms with van der Waals surface area (Å²) in [5, 5.41) is 8.13. The first kappa shape index (κ1) is 12.8. The molecule has 0 aliphatic carbocycles. The van der Waals surface area contributed by atoms with Crippen molar-refractivity contribution in [1.82, 2.24) is 15.2 Å². The highest BCUT2D eigenvalue weighted by atomic mass is 35.5. The predicted octanol–water partition coefficient (Wildman–Crippen LogP) is 3.32. The van der Waals surface area contributed by atoms with Gasteiger partial charge in [-0.15, -0.1) is 10.2 Å². The van der Waals surface area contributed by atoms with Gasteiger partial charge in [-0.2, -0.15) is 0 Å². The maximum Gasteiger partial charge on any atom is 0.159 e. The second kappa shape index (κ2) is 5.31. The van der Waals surface area contributed by atoms with E-state index in [1.807, 2.05) is 18.2 Å². The van der Waals surface area contributed by atoms with Crippen molar-refractivity contribution in [3.63, 3.8) is 0 Å². The van der Waals surface area contributed by atoms with Crippen LogP contribution < -0.4 is 4.74 Å². The second-order valence-electron chi connectivity index (χ2n) is 4.21. The van der Waals surface area contributed by atoms with Crippen LogP contribution in [0.4, 0.5) is 0 Å². The summed E-state index contributed by atoms with van der Waals surface area (Å²) in [6.07, 6.45) is 1.32. The number of halogens is 1. The smallest absolute Gasteiger partial charge is 0.159 e. The van der Waals surface area contributed by atoms with Crippen LogP contribution in [0, 0.1) is 0 Å². The highest BCUT2D eigenvalue weighted by Gasteiger charge is 2.14. The van der Waals surface area contributed by atoms with Crippen LogP contribution in [0.5, 0.6) is 5.75 Å². The molecule has 0 fully saturated rings. The molecule has 1 aromatic carbocycles. The SMILES string of the molecule is COc1ccc(C(C)C)cc1-c1nncnc1Cl. The van der Waals surface area contributed by atoms with E-state index in [4.69, 9.17) is 16.3 Å². The quantitative estimate of drug-likeness (QED) is 0.852. The highest BCUT2D eigenvalue weighted by molar-refractivity contribution is 6.31. The third-order valence-corrected chi connectivity index (χ3v) is 3.00. The molecule has 18 heavy (non-hydrogen) atoms. The topological polar surface area (TPSA) is 47.9 Å². The minimum Gasteiger partial charge on any atom is -0.496 e. The molecule has 2 aromatic rings. The van der Waals surface area contributed by atoms with Crippen LogP contribution >= 0.6 is 11.6 Å². The van der Waals surface area contributed by atoms with Gasteiger partial charge in [-0.25, -0.2) is 4.98 Å². The summed E-state index contributed by atoms with van der Waals surface area (Å²) in [4.78, 5) is 3.94. The summed E-state index contributed by atoms with van der Waals surface area (Å²) in [6.45, 7) is 4.25. The first-order valence-electron chi connectivity index (χ1n) is 5.65. The average molecular weight is 264 g/mol. The molecule has 0 N–H and O–H groups in total. The molecule has 0 radical (unpaired) electrons. The van der Waals surface area contributed by atoms with E-state index >= 15 is 0 Å². The molecular weight excluding hydrogens is 250 g/mol. The van der Waals surface area contributed by atoms with Crippen LogP contribution in [0.2, 0.25) is 5.15 Å². The van der Waals surface area contributed by atoms with Gasteiger partial charge in [0.2, 0.25) is 0 Å². The fourth-order valence-corrected chi connectivity index (χ4v) is 1.88. The van der Waals surface area contributed by atoms with Crippen molar-refractivity contribution in [2.75, 3.05) is 7.11 Å². The number of methoxy groups -OCH3 is 1. The lowest BCUT2D eigenvalue weighted by atomic mass is 9.99. The van der Waals surface area contributed by atoms with Crippen LogP contribution in [-0.2, 0) is 0 Å². The largest absolute Gasteiger partial charge is 0.496 e. The predicted molar refractivity (Wildman–Crippen MR) is 70.9 cm³/mol. The molecule has 0 saturated carbocycles. The van der Waals surface area contributed by atoms with Gasteiger partial charge in [0.1, 0.15) is 17.8 Å². The van der Waals surface area contributed by atoms with Crippen LogP contribution in [-0.4, -0.2) is 22.3 Å². The molecule has 0 amide bonds. The molecule has 0 aliphatic heterocycles. The van der Waals surface area contributed by atoms with Gasteiger partial charge < -0.3 is 4.74 Å². The molecule has 0 unspecified atom stereocenters. The van der Waals surface area contributed by atoms with Crippen LogP contribution in [0.3, 0.4) is 0 Å². The summed E-state index contributed by atoms with van der Waals surface area (Å²) in [5.41, 5.74) is 2.54. The lowest BCUT2D eigenvalue weighted by Crippen LogP contribution is -1.97. The van der Waals surface area contributed by atoms with E-state index in [2.05, 4.69) is 29.0 Å². The number of ether oxygens (including phenoxy) is 1. The Labute approximate surface area is 111 Å². The molecule has 0 atom stereocenters. The first-order valence-corrected chi connectivity index (χ1v) is 6.02. The lowest BCUT2D eigenvalue weighted by Gasteiger charge is -2.12. The summed E-state index contributed by atoms with van der Waals surface area (Å²) >= 11 is 6.05. The number of benzene rings is 1. The van der Waals surface area contributed by atoms with Crippen molar-refractivity contribution >= 4 is 11.6 Å². The van der Waals surface area contributed by atoms with E-state index in [0.717, 1.165) is 5.56 Å².